The second kappa shape index (κ2) is 11.4. The van der Waals surface area contributed by atoms with Gasteiger partial charge in [0, 0.05) is 35.3 Å². The summed E-state index contributed by atoms with van der Waals surface area (Å²) >= 11 is 5.39. The Labute approximate surface area is 221 Å². The topological polar surface area (TPSA) is 87.2 Å². The monoisotopic (exact) mass is 570 g/mol. The van der Waals surface area contributed by atoms with Gasteiger partial charge in [0.05, 0.1) is 23.2 Å². The molecule has 1 N–H and O–H groups in total. The molecule has 3 aliphatic rings. The Kier molecular flexibility index (Phi) is 9.19. The van der Waals surface area contributed by atoms with Gasteiger partial charge in [-0.2, -0.15) is 0 Å². The Morgan fingerprint density at radius 2 is 2.00 bits per heavy atom. The van der Waals surface area contributed by atoms with Gasteiger partial charge in [-0.25, -0.2) is 0 Å². The molecule has 6 atom stereocenters. The first-order valence-electron chi connectivity index (χ1n) is 12.5. The van der Waals surface area contributed by atoms with Crippen molar-refractivity contribution in [3.05, 3.63) is 25.3 Å². The van der Waals surface area contributed by atoms with Crippen LogP contribution in [0.15, 0.2) is 25.3 Å². The van der Waals surface area contributed by atoms with E-state index in [1.807, 2.05) is 20.8 Å². The molecule has 2 amide bonds. The molecule has 0 aromatic heterocycles. The van der Waals surface area contributed by atoms with Crippen LogP contribution >= 0.6 is 27.7 Å². The molecule has 3 saturated heterocycles. The van der Waals surface area contributed by atoms with Crippen LogP contribution in [0.3, 0.4) is 0 Å². The van der Waals surface area contributed by atoms with Crippen LogP contribution in [-0.2, 0) is 19.1 Å². The lowest BCUT2D eigenvalue weighted by molar-refractivity contribution is -0.154. The predicted molar refractivity (Wildman–Crippen MR) is 142 cm³/mol. The molecule has 0 aromatic rings. The van der Waals surface area contributed by atoms with E-state index in [1.165, 1.54) is 0 Å². The van der Waals surface area contributed by atoms with Gasteiger partial charge < -0.3 is 19.6 Å². The van der Waals surface area contributed by atoms with Crippen molar-refractivity contribution in [3.8, 4) is 0 Å². The minimum absolute atomic E-state index is 0.0145. The highest BCUT2D eigenvalue weighted by Gasteiger charge is 2.76. The van der Waals surface area contributed by atoms with E-state index in [0.717, 1.165) is 6.42 Å². The van der Waals surface area contributed by atoms with Crippen LogP contribution in [0, 0.1) is 11.8 Å². The summed E-state index contributed by atoms with van der Waals surface area (Å²) in [5.41, 5.74) is -0.455. The van der Waals surface area contributed by atoms with Gasteiger partial charge in [-0.3, -0.25) is 14.4 Å². The van der Waals surface area contributed by atoms with Gasteiger partial charge in [-0.05, 0) is 52.9 Å². The third-order valence-electron chi connectivity index (χ3n) is 7.31. The number of esters is 1. The number of fused-ring (bicyclic) bond motifs is 1. The van der Waals surface area contributed by atoms with Crippen LogP contribution in [0.2, 0.25) is 0 Å². The third kappa shape index (κ3) is 5.23. The van der Waals surface area contributed by atoms with Gasteiger partial charge in [0.25, 0.3) is 0 Å². The van der Waals surface area contributed by atoms with Crippen molar-refractivity contribution in [2.75, 3.05) is 26.3 Å². The summed E-state index contributed by atoms with van der Waals surface area (Å²) in [5.74, 6) is -1.75. The highest BCUT2D eigenvalue weighted by atomic mass is 79.9. The molecular weight excluding hydrogens is 532 g/mol. The maximum Gasteiger partial charge on any atom is 0.310 e. The fourth-order valence-electron chi connectivity index (χ4n) is 5.80. The van der Waals surface area contributed by atoms with Crippen molar-refractivity contribution in [1.29, 1.82) is 0 Å². The molecule has 196 valence electrons. The van der Waals surface area contributed by atoms with E-state index in [9.17, 15) is 19.5 Å². The van der Waals surface area contributed by atoms with E-state index in [4.69, 9.17) is 4.74 Å². The number of carbonyl (C=O) groups excluding carboxylic acids is 3. The Bertz CT molecular complexity index is 846. The lowest BCUT2D eigenvalue weighted by Gasteiger charge is -2.42. The third-order valence-corrected chi connectivity index (χ3v) is 10.5. The number of aliphatic hydroxyl groups is 1. The number of unbranched alkanes of at least 4 members (excludes halogenated alkanes) is 2. The molecule has 3 aliphatic heterocycles. The van der Waals surface area contributed by atoms with Gasteiger partial charge in [0.1, 0.15) is 6.04 Å². The minimum atomic E-state index is -0.684. The second-order valence-electron chi connectivity index (χ2n) is 10.6. The molecule has 35 heavy (non-hydrogen) atoms. The first kappa shape index (κ1) is 28.3. The molecule has 3 unspecified atom stereocenters. The summed E-state index contributed by atoms with van der Waals surface area (Å²) in [4.78, 5) is 45.0. The number of likely N-dealkylation sites (tertiary alicyclic amines) is 1. The van der Waals surface area contributed by atoms with Gasteiger partial charge >= 0.3 is 5.97 Å². The summed E-state index contributed by atoms with van der Waals surface area (Å²) in [7, 11) is 0. The SMILES string of the molecule is C=CCCOC(=O)[C@H]1[C@@H]2SC3(CC2Br)C(C(=O)N(CC=C)C(C)(C)C)N(CCCCCO)C(=O)[C@H]13. The van der Waals surface area contributed by atoms with Crippen molar-refractivity contribution in [3.63, 3.8) is 0 Å². The highest BCUT2D eigenvalue weighted by Crippen LogP contribution is 2.68. The van der Waals surface area contributed by atoms with Crippen molar-refractivity contribution >= 4 is 45.5 Å². The van der Waals surface area contributed by atoms with E-state index in [0.29, 0.717) is 38.8 Å². The van der Waals surface area contributed by atoms with Crippen LogP contribution in [0.1, 0.15) is 52.9 Å². The zero-order valence-electron chi connectivity index (χ0n) is 21.1. The second-order valence-corrected chi connectivity index (χ2v) is 13.3. The zero-order chi connectivity index (χ0) is 26.0. The van der Waals surface area contributed by atoms with Gasteiger partial charge in [0.15, 0.2) is 0 Å². The number of aliphatic hydroxyl groups excluding tert-OH is 1. The molecule has 0 aromatic carbocycles. The maximum atomic E-state index is 14.2. The Balaban J connectivity index is 2.00. The van der Waals surface area contributed by atoms with E-state index in [-0.39, 0.29) is 41.1 Å². The highest BCUT2D eigenvalue weighted by molar-refractivity contribution is 9.09. The predicted octanol–water partition coefficient (Wildman–Crippen LogP) is 3.55. The number of thioether (sulfide) groups is 1. The van der Waals surface area contributed by atoms with E-state index >= 15 is 0 Å². The van der Waals surface area contributed by atoms with Crippen LogP contribution < -0.4 is 0 Å². The quantitative estimate of drug-likeness (QED) is 0.167. The molecule has 0 aliphatic carbocycles. The van der Waals surface area contributed by atoms with Crippen molar-refractivity contribution in [2.45, 2.75) is 79.3 Å². The molecule has 7 nitrogen and oxygen atoms in total. The molecule has 2 bridgehead atoms. The van der Waals surface area contributed by atoms with Crippen LogP contribution in [0.4, 0.5) is 0 Å². The average Bonchev–Trinajstić information content (AvgIpc) is 3.37. The van der Waals surface area contributed by atoms with Gasteiger partial charge in [-0.15, -0.1) is 24.9 Å². The lowest BCUT2D eigenvalue weighted by Crippen LogP contribution is -2.59. The number of amides is 2. The summed E-state index contributed by atoms with van der Waals surface area (Å²) in [6.45, 7) is 14.6. The fourth-order valence-corrected chi connectivity index (χ4v) is 9.39. The summed E-state index contributed by atoms with van der Waals surface area (Å²) < 4.78 is 4.87. The van der Waals surface area contributed by atoms with Crippen LogP contribution in [-0.4, -0.2) is 85.4 Å². The Morgan fingerprint density at radius 1 is 1.29 bits per heavy atom. The van der Waals surface area contributed by atoms with Crippen LogP contribution in [0.25, 0.3) is 0 Å². The molecule has 3 heterocycles. The van der Waals surface area contributed by atoms with Crippen molar-refractivity contribution in [2.24, 2.45) is 11.8 Å². The minimum Gasteiger partial charge on any atom is -0.465 e. The lowest BCUT2D eigenvalue weighted by atomic mass is 9.71. The first-order chi connectivity index (χ1) is 16.5. The average molecular weight is 572 g/mol. The van der Waals surface area contributed by atoms with Crippen molar-refractivity contribution < 1.29 is 24.2 Å². The molecular formula is C26H39BrN2O5S. The number of alkyl halides is 1. The molecule has 0 saturated carbocycles. The zero-order valence-corrected chi connectivity index (χ0v) is 23.5. The number of hydrogen-bond donors (Lipinski definition) is 1. The number of nitrogens with zero attached hydrogens (tertiary/aromatic N) is 2. The molecule has 9 heteroatoms. The van der Waals surface area contributed by atoms with E-state index < -0.39 is 28.2 Å². The molecule has 3 fully saturated rings. The molecule has 3 rings (SSSR count). The van der Waals surface area contributed by atoms with Crippen molar-refractivity contribution in [1.82, 2.24) is 9.80 Å². The standard InChI is InChI=1S/C26H39BrN2O5S/c1-6-8-15-34-24(33)18-19-22(31)28(13-10-9-11-14-30)21(26(19)16-17(27)20(18)35-26)23(32)29(12-7-2)25(3,4)5/h6-7,17-21,30H,1-2,8-16H2,3-5H3/t17?,18-,19+,20-,21?,26?/m1/s1. The van der Waals surface area contributed by atoms with Crippen LogP contribution in [0.5, 0.6) is 0 Å². The summed E-state index contributed by atoms with van der Waals surface area (Å²) in [6.07, 6.45) is 6.71. The number of halogens is 1. The van der Waals surface area contributed by atoms with E-state index in [2.05, 4.69) is 29.1 Å². The van der Waals surface area contributed by atoms with Gasteiger partial charge in [-0.1, -0.05) is 28.1 Å². The smallest absolute Gasteiger partial charge is 0.310 e. The number of ether oxygens (including phenoxy) is 1. The maximum absolute atomic E-state index is 14.2. The van der Waals surface area contributed by atoms with Gasteiger partial charge in [0.2, 0.25) is 11.8 Å². The normalized spacial score (nSPS) is 31.4. The number of hydrogen-bond acceptors (Lipinski definition) is 6. The first-order valence-corrected chi connectivity index (χ1v) is 14.3. The number of carbonyl (C=O) groups is 3. The molecule has 0 radical (unpaired) electrons. The van der Waals surface area contributed by atoms with E-state index in [1.54, 1.807) is 33.7 Å². The Hall–Kier alpha value is -1.32. The molecule has 1 spiro atoms. The summed E-state index contributed by atoms with van der Waals surface area (Å²) in [6, 6.07) is -0.658. The largest absolute Gasteiger partial charge is 0.465 e. The Morgan fingerprint density at radius 3 is 2.60 bits per heavy atom. The number of rotatable bonds is 12. The summed E-state index contributed by atoms with van der Waals surface area (Å²) in [5, 5.41) is 9.07. The fraction of sp³-hybridized carbons (Fsp3) is 0.731.